The number of nitrogens with zero attached hydrogens (tertiary/aromatic N) is 2. The van der Waals surface area contributed by atoms with Crippen molar-refractivity contribution < 1.29 is 9.53 Å². The van der Waals surface area contributed by atoms with Crippen LogP contribution in [0.1, 0.15) is 34.9 Å². The first-order chi connectivity index (χ1) is 11.7. The van der Waals surface area contributed by atoms with Crippen molar-refractivity contribution in [3.05, 3.63) is 46.7 Å². The van der Waals surface area contributed by atoms with Crippen molar-refractivity contribution in [1.29, 1.82) is 0 Å². The molecule has 1 unspecified atom stereocenters. The van der Waals surface area contributed by atoms with Gasteiger partial charge in [0.05, 0.1) is 18.2 Å². The van der Waals surface area contributed by atoms with E-state index in [0.717, 1.165) is 31.5 Å². The van der Waals surface area contributed by atoms with Gasteiger partial charge in [-0.2, -0.15) is 5.10 Å². The minimum Gasteiger partial charge on any atom is -0.495 e. The molecule has 0 radical (unpaired) electrons. The molecule has 6 nitrogen and oxygen atoms in total. The molecule has 1 amide bonds. The van der Waals surface area contributed by atoms with Gasteiger partial charge >= 0.3 is 0 Å². The predicted molar refractivity (Wildman–Crippen MR) is 99.8 cm³/mol. The largest absolute Gasteiger partial charge is 0.495 e. The molecule has 2 N–H and O–H groups in total. The Kier molecular flexibility index (Phi) is 7.11. The molecule has 1 atom stereocenters. The first-order valence-corrected chi connectivity index (χ1v) is 8.41. The fourth-order valence-electron chi connectivity index (χ4n) is 2.81. The highest BCUT2D eigenvalue weighted by Gasteiger charge is 2.17. The van der Waals surface area contributed by atoms with Gasteiger partial charge in [0.2, 0.25) is 0 Å². The van der Waals surface area contributed by atoms with Gasteiger partial charge in [-0.25, -0.2) is 0 Å². The van der Waals surface area contributed by atoms with E-state index < -0.39 is 0 Å². The fraction of sp³-hybridized carbons (Fsp3) is 0.412. The van der Waals surface area contributed by atoms with Gasteiger partial charge in [0.25, 0.3) is 5.91 Å². The first kappa shape index (κ1) is 19.6. The van der Waals surface area contributed by atoms with E-state index in [1.165, 1.54) is 0 Å². The van der Waals surface area contributed by atoms with Crippen LogP contribution in [-0.2, 0) is 6.54 Å². The van der Waals surface area contributed by atoms with Crippen molar-refractivity contribution in [3.8, 4) is 5.75 Å². The number of piperidine rings is 1. The van der Waals surface area contributed by atoms with Gasteiger partial charge in [-0.1, -0.05) is 17.7 Å². The molecule has 1 aliphatic rings. The number of methoxy groups -OCH3 is 1. The van der Waals surface area contributed by atoms with Crippen LogP contribution < -0.4 is 15.4 Å². The fourth-order valence-corrected chi connectivity index (χ4v) is 3.09. The Hall–Kier alpha value is -1.76. The monoisotopic (exact) mass is 384 g/mol. The lowest BCUT2D eigenvalue weighted by Gasteiger charge is -2.22. The molecule has 2 heterocycles. The average Bonchev–Trinajstić information content (AvgIpc) is 3.11. The normalized spacial score (nSPS) is 16.8. The Labute approximate surface area is 158 Å². The molecular formula is C17H22Cl2N4O2. The van der Waals surface area contributed by atoms with E-state index in [0.29, 0.717) is 29.1 Å². The molecule has 0 bridgehead atoms. The van der Waals surface area contributed by atoms with E-state index in [4.69, 9.17) is 16.3 Å². The molecule has 1 aromatic carbocycles. The molecule has 0 aliphatic carbocycles. The van der Waals surface area contributed by atoms with Crippen LogP contribution in [0.2, 0.25) is 5.02 Å². The van der Waals surface area contributed by atoms with Crippen LogP contribution in [0, 0.1) is 0 Å². The van der Waals surface area contributed by atoms with E-state index in [-0.39, 0.29) is 18.3 Å². The van der Waals surface area contributed by atoms with Crippen molar-refractivity contribution in [3.63, 3.8) is 0 Å². The van der Waals surface area contributed by atoms with Crippen molar-refractivity contribution in [2.24, 2.45) is 0 Å². The number of hydrogen-bond donors (Lipinski definition) is 2. The van der Waals surface area contributed by atoms with E-state index in [2.05, 4.69) is 15.7 Å². The summed E-state index contributed by atoms with van der Waals surface area (Å²) in [6, 6.07) is 7.52. The third-order valence-corrected chi connectivity index (χ3v) is 4.45. The Balaban J connectivity index is 0.00000225. The average molecular weight is 385 g/mol. The Bertz CT molecular complexity index is 714. The molecule has 1 aromatic heterocycles. The maximum absolute atomic E-state index is 12.3. The van der Waals surface area contributed by atoms with Crippen molar-refractivity contribution in [2.45, 2.75) is 25.4 Å². The zero-order valence-electron chi connectivity index (χ0n) is 14.0. The molecule has 1 fully saturated rings. The second-order valence-electron chi connectivity index (χ2n) is 5.83. The summed E-state index contributed by atoms with van der Waals surface area (Å²) in [5.74, 6) is 0.427. The van der Waals surface area contributed by atoms with Gasteiger partial charge in [0.15, 0.2) is 0 Å². The van der Waals surface area contributed by atoms with Gasteiger partial charge in [-0.15, -0.1) is 12.4 Å². The number of aromatic nitrogens is 2. The standard InChI is InChI=1S/C17H21ClN4O2.ClH/c1-24-16-5-4-12(9-14(16)18)10-20-17(23)15-6-8-22(21-15)13-3-2-7-19-11-13;/h4-6,8-9,13,19H,2-3,7,10-11H2,1H3,(H,20,23);1H. The maximum atomic E-state index is 12.3. The van der Waals surface area contributed by atoms with Crippen molar-refractivity contribution in [1.82, 2.24) is 20.4 Å². The number of rotatable bonds is 5. The second-order valence-corrected chi connectivity index (χ2v) is 6.24. The summed E-state index contributed by atoms with van der Waals surface area (Å²) >= 11 is 6.09. The third-order valence-electron chi connectivity index (χ3n) is 4.16. The molecule has 3 rings (SSSR count). The van der Waals surface area contributed by atoms with Gasteiger partial charge in [0.1, 0.15) is 11.4 Å². The molecule has 25 heavy (non-hydrogen) atoms. The van der Waals surface area contributed by atoms with Crippen LogP contribution in [0.3, 0.4) is 0 Å². The van der Waals surface area contributed by atoms with Crippen molar-refractivity contribution >= 4 is 29.9 Å². The molecule has 2 aromatic rings. The van der Waals surface area contributed by atoms with Gasteiger partial charge in [-0.05, 0) is 43.1 Å². The number of nitrogens with one attached hydrogen (secondary N) is 2. The highest BCUT2D eigenvalue weighted by atomic mass is 35.5. The maximum Gasteiger partial charge on any atom is 0.272 e. The summed E-state index contributed by atoms with van der Waals surface area (Å²) in [6.45, 7) is 2.34. The van der Waals surface area contributed by atoms with E-state index in [1.54, 1.807) is 25.3 Å². The zero-order valence-corrected chi connectivity index (χ0v) is 15.6. The number of benzene rings is 1. The van der Waals surface area contributed by atoms with Crippen LogP contribution >= 0.6 is 24.0 Å². The number of ether oxygens (including phenoxy) is 1. The summed E-state index contributed by atoms with van der Waals surface area (Å²) in [4.78, 5) is 12.3. The lowest BCUT2D eigenvalue weighted by Crippen LogP contribution is -2.32. The molecular weight excluding hydrogens is 363 g/mol. The Morgan fingerprint density at radius 1 is 1.48 bits per heavy atom. The molecule has 8 heteroatoms. The number of halogens is 2. The second kappa shape index (κ2) is 9.08. The van der Waals surface area contributed by atoms with Gasteiger partial charge in [0, 0.05) is 19.3 Å². The first-order valence-electron chi connectivity index (χ1n) is 8.04. The summed E-state index contributed by atoms with van der Waals surface area (Å²) in [5, 5.41) is 11.2. The minimum atomic E-state index is -0.190. The molecule has 1 saturated heterocycles. The van der Waals surface area contributed by atoms with Gasteiger partial charge in [-0.3, -0.25) is 9.48 Å². The quantitative estimate of drug-likeness (QED) is 0.831. The van der Waals surface area contributed by atoms with E-state index in [9.17, 15) is 4.79 Å². The molecule has 0 saturated carbocycles. The summed E-state index contributed by atoms with van der Waals surface area (Å²) in [6.07, 6.45) is 4.08. The number of carbonyl (C=O) groups is 1. The topological polar surface area (TPSA) is 68.2 Å². The van der Waals surface area contributed by atoms with Crippen LogP contribution in [0.25, 0.3) is 0 Å². The van der Waals surface area contributed by atoms with E-state index in [1.807, 2.05) is 16.9 Å². The number of carbonyl (C=O) groups excluding carboxylic acids is 1. The highest BCUT2D eigenvalue weighted by Crippen LogP contribution is 2.24. The SMILES string of the molecule is COc1ccc(CNC(=O)c2ccn(C3CCCNC3)n2)cc1Cl.Cl. The van der Waals surface area contributed by atoms with Crippen LogP contribution in [0.4, 0.5) is 0 Å². The predicted octanol–water partition coefficient (Wildman–Crippen LogP) is 2.82. The number of amides is 1. The minimum absolute atomic E-state index is 0. The van der Waals surface area contributed by atoms with E-state index >= 15 is 0 Å². The lowest BCUT2D eigenvalue weighted by atomic mass is 10.1. The summed E-state index contributed by atoms with van der Waals surface area (Å²) in [5.41, 5.74) is 1.34. The third kappa shape index (κ3) is 4.87. The lowest BCUT2D eigenvalue weighted by molar-refractivity contribution is 0.0944. The molecule has 0 spiro atoms. The number of hydrogen-bond acceptors (Lipinski definition) is 4. The van der Waals surface area contributed by atoms with Crippen LogP contribution in [-0.4, -0.2) is 35.9 Å². The van der Waals surface area contributed by atoms with Crippen LogP contribution in [0.5, 0.6) is 5.75 Å². The summed E-state index contributed by atoms with van der Waals surface area (Å²) in [7, 11) is 1.57. The molecule has 136 valence electrons. The van der Waals surface area contributed by atoms with Crippen LogP contribution in [0.15, 0.2) is 30.5 Å². The van der Waals surface area contributed by atoms with Gasteiger partial charge < -0.3 is 15.4 Å². The molecule has 1 aliphatic heterocycles. The van der Waals surface area contributed by atoms with Crippen molar-refractivity contribution in [2.75, 3.05) is 20.2 Å². The Morgan fingerprint density at radius 3 is 3.00 bits per heavy atom. The highest BCUT2D eigenvalue weighted by molar-refractivity contribution is 6.32. The Morgan fingerprint density at radius 2 is 2.32 bits per heavy atom. The zero-order chi connectivity index (χ0) is 16.9. The summed E-state index contributed by atoms with van der Waals surface area (Å²) < 4.78 is 7.00. The smallest absolute Gasteiger partial charge is 0.272 e.